The van der Waals surface area contributed by atoms with Crippen LogP contribution in [-0.2, 0) is 10.2 Å². The Labute approximate surface area is 165 Å². The quantitative estimate of drug-likeness (QED) is 0.570. The minimum atomic E-state index is -0.0947. The lowest BCUT2D eigenvalue weighted by Crippen LogP contribution is -2.14. The van der Waals surface area contributed by atoms with Crippen LogP contribution in [0.2, 0.25) is 0 Å². The zero-order chi connectivity index (χ0) is 20.1. The molecule has 3 aromatic rings. The lowest BCUT2D eigenvalue weighted by Gasteiger charge is -2.23. The summed E-state index contributed by atoms with van der Waals surface area (Å²) in [4.78, 5) is 20.0. The van der Waals surface area contributed by atoms with Crippen LogP contribution in [0.3, 0.4) is 0 Å². The molecule has 1 heterocycles. The third kappa shape index (κ3) is 5.07. The van der Waals surface area contributed by atoms with Gasteiger partial charge in [-0.15, -0.1) is 0 Å². The molecule has 0 fully saturated rings. The number of anilines is 5. The number of amides is 1. The van der Waals surface area contributed by atoms with Crippen molar-refractivity contribution in [2.75, 3.05) is 16.0 Å². The molecular weight excluding hydrogens is 350 g/mol. The van der Waals surface area contributed by atoms with Gasteiger partial charge >= 0.3 is 0 Å². The van der Waals surface area contributed by atoms with Crippen molar-refractivity contribution < 1.29 is 4.79 Å². The van der Waals surface area contributed by atoms with Gasteiger partial charge in [-0.3, -0.25) is 4.79 Å². The molecular formula is C22H25N5O. The van der Waals surface area contributed by atoms with E-state index in [0.717, 1.165) is 17.1 Å². The summed E-state index contributed by atoms with van der Waals surface area (Å²) in [6, 6.07) is 17.4. The first-order valence-electron chi connectivity index (χ1n) is 9.15. The number of carbonyl (C=O) groups excluding carboxylic acids is 1. The SMILES string of the molecule is CC(=O)Nc1ccc(Nc2ccnc(Nc3ccccc3C(C)(C)C)n2)cc1. The normalized spacial score (nSPS) is 11.0. The summed E-state index contributed by atoms with van der Waals surface area (Å²) in [6.07, 6.45) is 1.71. The average Bonchev–Trinajstić information content (AvgIpc) is 2.63. The Morgan fingerprint density at radius 1 is 0.893 bits per heavy atom. The molecule has 0 aliphatic carbocycles. The zero-order valence-electron chi connectivity index (χ0n) is 16.6. The number of benzene rings is 2. The molecule has 0 spiro atoms. The second-order valence-corrected chi connectivity index (χ2v) is 7.57. The van der Waals surface area contributed by atoms with Crippen LogP contribution in [0.1, 0.15) is 33.3 Å². The number of carbonyl (C=O) groups is 1. The van der Waals surface area contributed by atoms with Gasteiger partial charge in [-0.2, -0.15) is 4.98 Å². The number of hydrogen-bond donors (Lipinski definition) is 3. The van der Waals surface area contributed by atoms with Crippen LogP contribution in [0.15, 0.2) is 60.8 Å². The lowest BCUT2D eigenvalue weighted by atomic mass is 9.86. The molecule has 0 bridgehead atoms. The number of nitrogens with zero attached hydrogens (tertiary/aromatic N) is 2. The van der Waals surface area contributed by atoms with E-state index < -0.39 is 0 Å². The van der Waals surface area contributed by atoms with Crippen LogP contribution in [0, 0.1) is 0 Å². The Kier molecular flexibility index (Phi) is 5.59. The highest BCUT2D eigenvalue weighted by molar-refractivity contribution is 5.88. The summed E-state index contributed by atoms with van der Waals surface area (Å²) in [6.45, 7) is 8.02. The molecule has 1 amide bonds. The first kappa shape index (κ1) is 19.4. The first-order valence-corrected chi connectivity index (χ1v) is 9.15. The smallest absolute Gasteiger partial charge is 0.229 e. The summed E-state index contributed by atoms with van der Waals surface area (Å²) in [7, 11) is 0. The molecule has 1 aromatic heterocycles. The predicted molar refractivity (Wildman–Crippen MR) is 114 cm³/mol. The molecule has 3 N–H and O–H groups in total. The second kappa shape index (κ2) is 8.08. The largest absolute Gasteiger partial charge is 0.340 e. The van der Waals surface area contributed by atoms with Crippen molar-refractivity contribution in [2.45, 2.75) is 33.1 Å². The van der Waals surface area contributed by atoms with Crippen LogP contribution < -0.4 is 16.0 Å². The van der Waals surface area contributed by atoms with Gasteiger partial charge in [-0.1, -0.05) is 39.0 Å². The maximum absolute atomic E-state index is 11.1. The van der Waals surface area contributed by atoms with Gasteiger partial charge in [0, 0.05) is 30.2 Å². The van der Waals surface area contributed by atoms with Crippen LogP contribution >= 0.6 is 0 Å². The first-order chi connectivity index (χ1) is 13.3. The van der Waals surface area contributed by atoms with Gasteiger partial charge in [0.05, 0.1) is 0 Å². The van der Waals surface area contributed by atoms with Crippen molar-refractivity contribution in [3.63, 3.8) is 0 Å². The molecule has 2 aromatic carbocycles. The van der Waals surface area contributed by atoms with Crippen LogP contribution in [-0.4, -0.2) is 15.9 Å². The van der Waals surface area contributed by atoms with E-state index in [0.29, 0.717) is 11.8 Å². The monoisotopic (exact) mass is 375 g/mol. The van der Waals surface area contributed by atoms with Gasteiger partial charge in [0.1, 0.15) is 5.82 Å². The second-order valence-electron chi connectivity index (χ2n) is 7.57. The molecule has 0 unspecified atom stereocenters. The number of nitrogens with one attached hydrogen (secondary N) is 3. The Hall–Kier alpha value is -3.41. The van der Waals surface area contributed by atoms with Crippen LogP contribution in [0.4, 0.5) is 28.8 Å². The Bertz CT molecular complexity index is 961. The van der Waals surface area contributed by atoms with E-state index in [1.807, 2.05) is 48.5 Å². The summed E-state index contributed by atoms with van der Waals surface area (Å²) in [5, 5.41) is 9.33. The molecule has 3 rings (SSSR count). The van der Waals surface area contributed by atoms with Gasteiger partial charge < -0.3 is 16.0 Å². The average molecular weight is 375 g/mol. The summed E-state index contributed by atoms with van der Waals surface area (Å²) in [5.74, 6) is 1.11. The molecule has 144 valence electrons. The van der Waals surface area contributed by atoms with E-state index >= 15 is 0 Å². The van der Waals surface area contributed by atoms with Crippen molar-refractivity contribution >= 4 is 34.7 Å². The third-order valence-corrected chi connectivity index (χ3v) is 4.11. The fourth-order valence-electron chi connectivity index (χ4n) is 2.84. The molecule has 0 radical (unpaired) electrons. The van der Waals surface area contributed by atoms with Crippen molar-refractivity contribution in [2.24, 2.45) is 0 Å². The van der Waals surface area contributed by atoms with E-state index in [1.54, 1.807) is 6.20 Å². The summed E-state index contributed by atoms with van der Waals surface area (Å²) >= 11 is 0. The van der Waals surface area contributed by atoms with Crippen molar-refractivity contribution in [3.8, 4) is 0 Å². The molecule has 0 saturated heterocycles. The van der Waals surface area contributed by atoms with Crippen LogP contribution in [0.5, 0.6) is 0 Å². The fraction of sp³-hybridized carbons (Fsp3) is 0.227. The molecule has 0 aliphatic heterocycles. The zero-order valence-corrected chi connectivity index (χ0v) is 16.6. The molecule has 28 heavy (non-hydrogen) atoms. The highest BCUT2D eigenvalue weighted by atomic mass is 16.1. The van der Waals surface area contributed by atoms with Gasteiger partial charge in [-0.25, -0.2) is 4.98 Å². The van der Waals surface area contributed by atoms with Crippen molar-refractivity contribution in [3.05, 3.63) is 66.4 Å². The number of hydrogen-bond acceptors (Lipinski definition) is 5. The standard InChI is InChI=1S/C22H25N5O/c1-15(28)24-16-9-11-17(12-10-16)25-20-13-14-23-21(27-20)26-19-8-6-5-7-18(19)22(2,3)4/h5-14H,1-4H3,(H,24,28)(H2,23,25,26,27). The lowest BCUT2D eigenvalue weighted by molar-refractivity contribution is -0.114. The topological polar surface area (TPSA) is 78.9 Å². The Balaban J connectivity index is 1.76. The summed E-state index contributed by atoms with van der Waals surface area (Å²) < 4.78 is 0. The van der Waals surface area contributed by atoms with Crippen molar-refractivity contribution in [1.82, 2.24) is 9.97 Å². The predicted octanol–water partition coefficient (Wildman–Crippen LogP) is 5.22. The number of aromatic nitrogens is 2. The maximum Gasteiger partial charge on any atom is 0.229 e. The maximum atomic E-state index is 11.1. The molecule has 0 saturated carbocycles. The molecule has 6 heteroatoms. The molecule has 0 aliphatic rings. The highest BCUT2D eigenvalue weighted by Gasteiger charge is 2.17. The number of rotatable bonds is 5. The van der Waals surface area contributed by atoms with E-state index in [-0.39, 0.29) is 11.3 Å². The highest BCUT2D eigenvalue weighted by Crippen LogP contribution is 2.30. The van der Waals surface area contributed by atoms with E-state index in [4.69, 9.17) is 0 Å². The van der Waals surface area contributed by atoms with Gasteiger partial charge in [0.25, 0.3) is 0 Å². The minimum Gasteiger partial charge on any atom is -0.340 e. The Morgan fingerprint density at radius 2 is 1.57 bits per heavy atom. The minimum absolute atomic E-state index is 0.00903. The van der Waals surface area contributed by atoms with Gasteiger partial charge in [0.2, 0.25) is 11.9 Å². The molecule has 0 atom stereocenters. The Morgan fingerprint density at radius 3 is 2.25 bits per heavy atom. The van der Waals surface area contributed by atoms with E-state index in [2.05, 4.69) is 52.8 Å². The van der Waals surface area contributed by atoms with Gasteiger partial charge in [0.15, 0.2) is 0 Å². The molecule has 6 nitrogen and oxygen atoms in total. The fourth-order valence-corrected chi connectivity index (χ4v) is 2.84. The summed E-state index contributed by atoms with van der Waals surface area (Å²) in [5.41, 5.74) is 3.82. The number of para-hydroxylation sites is 1. The van der Waals surface area contributed by atoms with E-state index in [1.165, 1.54) is 12.5 Å². The van der Waals surface area contributed by atoms with Crippen molar-refractivity contribution in [1.29, 1.82) is 0 Å². The van der Waals surface area contributed by atoms with Gasteiger partial charge in [-0.05, 0) is 47.4 Å². The van der Waals surface area contributed by atoms with E-state index in [9.17, 15) is 4.79 Å². The third-order valence-electron chi connectivity index (χ3n) is 4.11. The van der Waals surface area contributed by atoms with Crippen LogP contribution in [0.25, 0.3) is 0 Å².